The van der Waals surface area contributed by atoms with Crippen molar-refractivity contribution in [2.75, 3.05) is 0 Å². The van der Waals surface area contributed by atoms with Gasteiger partial charge in [0, 0.05) is 24.7 Å². The number of hydrogen-bond acceptors (Lipinski definition) is 2. The Hall–Kier alpha value is -2.09. The lowest BCUT2D eigenvalue weighted by Crippen LogP contribution is -2.28. The molecule has 0 aliphatic carbocycles. The van der Waals surface area contributed by atoms with Gasteiger partial charge in [-0.3, -0.25) is 9.48 Å². The molecule has 0 saturated carbocycles. The summed E-state index contributed by atoms with van der Waals surface area (Å²) in [5, 5.41) is 6.40. The van der Waals surface area contributed by atoms with Crippen LogP contribution in [0.3, 0.4) is 0 Å². The summed E-state index contributed by atoms with van der Waals surface area (Å²) in [6.07, 6.45) is 0.480. The van der Waals surface area contributed by atoms with Crippen LogP contribution in [0.5, 0.6) is 0 Å². The molecule has 2 rings (SSSR count). The first-order valence-electron chi connectivity index (χ1n) is 8.26. The maximum Gasteiger partial charge on any atom is 0.271 e. The molecule has 0 bridgehead atoms. The predicted molar refractivity (Wildman–Crippen MR) is 93.7 cm³/mol. The Labute approximate surface area is 159 Å². The molecule has 0 aliphatic heterocycles. The van der Waals surface area contributed by atoms with Crippen molar-refractivity contribution in [3.05, 3.63) is 50.8 Å². The Morgan fingerprint density at radius 3 is 2.04 bits per heavy atom. The molecule has 0 saturated heterocycles. The highest BCUT2D eigenvalue weighted by Crippen LogP contribution is 2.33. The van der Waals surface area contributed by atoms with Gasteiger partial charge in [0.2, 0.25) is 0 Å². The van der Waals surface area contributed by atoms with Crippen LogP contribution in [0.25, 0.3) is 0 Å². The zero-order valence-corrected chi connectivity index (χ0v) is 16.4. The number of nitrogens with zero attached hydrogens (tertiary/aromatic N) is 2. The van der Waals surface area contributed by atoms with E-state index in [0.29, 0.717) is 12.1 Å². The van der Waals surface area contributed by atoms with Crippen molar-refractivity contribution >= 4 is 17.5 Å². The maximum absolute atomic E-state index is 14.3. The van der Waals surface area contributed by atoms with Gasteiger partial charge in [-0.1, -0.05) is 39.3 Å². The third-order valence-electron chi connectivity index (χ3n) is 4.14. The van der Waals surface area contributed by atoms with Crippen LogP contribution in [-0.2, 0) is 25.4 Å². The minimum Gasteiger partial charge on any atom is -0.346 e. The summed E-state index contributed by atoms with van der Waals surface area (Å²) >= 11 is 6.08. The number of rotatable bonds is 4. The van der Waals surface area contributed by atoms with Gasteiger partial charge in [0.25, 0.3) is 5.91 Å². The summed E-state index contributed by atoms with van der Waals surface area (Å²) in [7, 11) is 1.48. The number of amides is 1. The van der Waals surface area contributed by atoms with Crippen LogP contribution < -0.4 is 5.32 Å². The largest absolute Gasteiger partial charge is 0.346 e. The first kappa shape index (κ1) is 21.2. The van der Waals surface area contributed by atoms with Gasteiger partial charge in [-0.2, -0.15) is 5.10 Å². The fraction of sp³-hybridized carbons (Fsp3) is 0.444. The van der Waals surface area contributed by atoms with E-state index in [-0.39, 0.29) is 10.7 Å². The topological polar surface area (TPSA) is 46.9 Å². The van der Waals surface area contributed by atoms with Crippen molar-refractivity contribution in [2.24, 2.45) is 7.05 Å². The monoisotopic (exact) mass is 405 g/mol. The first-order chi connectivity index (χ1) is 12.4. The lowest BCUT2D eigenvalue weighted by atomic mass is 9.85. The lowest BCUT2D eigenvalue weighted by molar-refractivity contribution is 0.0940. The van der Waals surface area contributed by atoms with Crippen LogP contribution >= 0.6 is 11.6 Å². The quantitative estimate of drug-likeness (QED) is 0.604. The van der Waals surface area contributed by atoms with Crippen molar-refractivity contribution in [1.29, 1.82) is 0 Å². The molecule has 9 heteroatoms. The summed E-state index contributed by atoms with van der Waals surface area (Å²) in [4.78, 5) is 12.3. The highest BCUT2D eigenvalue weighted by atomic mass is 35.5. The van der Waals surface area contributed by atoms with Crippen molar-refractivity contribution in [1.82, 2.24) is 15.1 Å². The van der Waals surface area contributed by atoms with E-state index < -0.39 is 52.3 Å². The van der Waals surface area contributed by atoms with E-state index in [4.69, 9.17) is 11.6 Å². The number of halogens is 5. The molecule has 4 nitrogen and oxygen atoms in total. The molecule has 1 heterocycles. The highest BCUT2D eigenvalue weighted by molar-refractivity contribution is 6.34. The zero-order chi connectivity index (χ0) is 20.7. The Bertz CT molecular complexity index is 874. The molecule has 1 aromatic heterocycles. The van der Waals surface area contributed by atoms with Crippen LogP contribution in [0.4, 0.5) is 17.6 Å². The van der Waals surface area contributed by atoms with Gasteiger partial charge in [-0.15, -0.1) is 0 Å². The molecular weight excluding hydrogens is 386 g/mol. The Balaban J connectivity index is 2.37. The van der Waals surface area contributed by atoms with E-state index in [1.54, 1.807) is 6.92 Å². The molecule has 2 aromatic rings. The van der Waals surface area contributed by atoms with Crippen LogP contribution in [-0.4, -0.2) is 15.7 Å². The van der Waals surface area contributed by atoms with E-state index in [9.17, 15) is 22.4 Å². The second-order valence-corrected chi connectivity index (χ2v) is 7.51. The third kappa shape index (κ3) is 3.81. The van der Waals surface area contributed by atoms with E-state index in [1.807, 2.05) is 0 Å². The number of hydrogen-bond donors (Lipinski definition) is 1. The number of benzene rings is 1. The van der Waals surface area contributed by atoms with Gasteiger partial charge < -0.3 is 5.32 Å². The smallest absolute Gasteiger partial charge is 0.271 e. The molecule has 1 amide bonds. The minimum atomic E-state index is -1.54. The fourth-order valence-corrected chi connectivity index (χ4v) is 3.15. The van der Waals surface area contributed by atoms with Crippen molar-refractivity contribution in [2.45, 2.75) is 46.1 Å². The summed E-state index contributed by atoms with van der Waals surface area (Å²) in [6, 6.07) is 0. The average molecular weight is 406 g/mol. The van der Waals surface area contributed by atoms with Gasteiger partial charge in [-0.25, -0.2) is 17.6 Å². The summed E-state index contributed by atoms with van der Waals surface area (Å²) in [5.41, 5.74) is -2.26. The molecule has 0 fully saturated rings. The third-order valence-corrected chi connectivity index (χ3v) is 4.53. The van der Waals surface area contributed by atoms with E-state index >= 15 is 0 Å². The molecule has 0 atom stereocenters. The number of nitrogens with one attached hydrogen (secondary N) is 1. The highest BCUT2D eigenvalue weighted by Gasteiger charge is 2.32. The maximum atomic E-state index is 14.3. The van der Waals surface area contributed by atoms with Gasteiger partial charge in [-0.05, 0) is 11.8 Å². The number of aromatic nitrogens is 2. The van der Waals surface area contributed by atoms with E-state index in [0.717, 1.165) is 0 Å². The van der Waals surface area contributed by atoms with Crippen LogP contribution in [0.1, 0.15) is 55.0 Å². The van der Waals surface area contributed by atoms with Crippen molar-refractivity contribution in [3.8, 4) is 0 Å². The SMILES string of the molecule is CCc1nn(C)c(C(=O)NCc2c(F)c(F)c(C(C)(C)C)c(F)c2F)c1Cl. The van der Waals surface area contributed by atoms with Gasteiger partial charge >= 0.3 is 0 Å². The molecule has 1 aromatic carbocycles. The fourth-order valence-electron chi connectivity index (χ4n) is 2.77. The van der Waals surface area contributed by atoms with E-state index in [1.165, 1.54) is 32.5 Å². The molecule has 0 aliphatic rings. The molecule has 0 spiro atoms. The summed E-state index contributed by atoms with van der Waals surface area (Å²) in [5.74, 6) is -6.79. The van der Waals surface area contributed by atoms with Gasteiger partial charge in [0.05, 0.1) is 10.7 Å². The summed E-state index contributed by atoms with van der Waals surface area (Å²) < 4.78 is 58.5. The van der Waals surface area contributed by atoms with Crippen LogP contribution in [0, 0.1) is 23.3 Å². The Morgan fingerprint density at radius 2 is 1.63 bits per heavy atom. The molecule has 0 unspecified atom stereocenters. The number of aryl methyl sites for hydroxylation is 2. The minimum absolute atomic E-state index is 0.0124. The summed E-state index contributed by atoms with van der Waals surface area (Å²) in [6.45, 7) is 5.35. The number of carbonyl (C=O) groups is 1. The van der Waals surface area contributed by atoms with Crippen LogP contribution in [0.15, 0.2) is 0 Å². The standard InChI is InChI=1S/C18H20ClF4N3O/c1-6-9-11(19)16(26(5)25-9)17(27)24-7-8-12(20)14(22)10(18(2,3)4)15(23)13(8)21/h6-7H2,1-5H3,(H,24,27). The molecule has 148 valence electrons. The predicted octanol–water partition coefficient (Wildman–Crippen LogP) is 4.42. The van der Waals surface area contributed by atoms with Gasteiger partial charge in [0.1, 0.15) is 5.69 Å². The lowest BCUT2D eigenvalue weighted by Gasteiger charge is -2.22. The second-order valence-electron chi connectivity index (χ2n) is 7.13. The van der Waals surface area contributed by atoms with Crippen molar-refractivity contribution in [3.63, 3.8) is 0 Å². The molecule has 1 N–H and O–H groups in total. The molecule has 0 radical (unpaired) electrons. The van der Waals surface area contributed by atoms with Gasteiger partial charge in [0.15, 0.2) is 23.3 Å². The molecular formula is C18H20ClF4N3O. The normalized spacial score (nSPS) is 11.8. The Morgan fingerprint density at radius 1 is 1.11 bits per heavy atom. The van der Waals surface area contributed by atoms with Crippen LogP contribution in [0.2, 0.25) is 5.02 Å². The molecule has 27 heavy (non-hydrogen) atoms. The van der Waals surface area contributed by atoms with E-state index in [2.05, 4.69) is 10.4 Å². The first-order valence-corrected chi connectivity index (χ1v) is 8.64. The second kappa shape index (κ2) is 7.50. The average Bonchev–Trinajstić information content (AvgIpc) is 2.85. The van der Waals surface area contributed by atoms with Crippen molar-refractivity contribution < 1.29 is 22.4 Å². The zero-order valence-electron chi connectivity index (χ0n) is 15.6. The Kier molecular flexibility index (Phi) is 5.89. The number of carbonyl (C=O) groups excluding carboxylic acids is 1.